The van der Waals surface area contributed by atoms with Crippen LogP contribution in [-0.2, 0) is 11.2 Å². The van der Waals surface area contributed by atoms with Crippen molar-refractivity contribution in [2.24, 2.45) is 0 Å². The van der Waals surface area contributed by atoms with Gasteiger partial charge in [-0.2, -0.15) is 0 Å². The molecule has 0 spiro atoms. The molecule has 0 bridgehead atoms. The van der Waals surface area contributed by atoms with Gasteiger partial charge in [0.2, 0.25) is 0 Å². The van der Waals surface area contributed by atoms with Gasteiger partial charge in [-0.05, 0) is 31.0 Å². The Balaban J connectivity index is 2.29. The van der Waals surface area contributed by atoms with Crippen LogP contribution in [-0.4, -0.2) is 36.8 Å². The fourth-order valence-electron chi connectivity index (χ4n) is 1.42. The molecule has 0 unspecified atom stereocenters. The standard InChI is InChI=1S/C13H18N2O4/c1-9(12(16)17)15-13(18)14-8-7-10-3-5-11(19-2)6-4-10/h3-6,9H,7-8H2,1-2H3,(H,16,17)(H2,14,15,18)/t9-/m0/s1. The number of rotatable bonds is 6. The number of urea groups is 1. The van der Waals surface area contributed by atoms with E-state index in [0.29, 0.717) is 13.0 Å². The molecule has 0 heterocycles. The number of nitrogens with one attached hydrogen (secondary N) is 2. The molecular weight excluding hydrogens is 248 g/mol. The fourth-order valence-corrected chi connectivity index (χ4v) is 1.42. The van der Waals surface area contributed by atoms with Gasteiger partial charge in [0.05, 0.1) is 7.11 Å². The molecule has 2 amide bonds. The molecule has 1 aromatic carbocycles. The third-order valence-corrected chi connectivity index (χ3v) is 2.58. The third-order valence-electron chi connectivity index (χ3n) is 2.58. The lowest BCUT2D eigenvalue weighted by Gasteiger charge is -2.10. The Morgan fingerprint density at radius 3 is 2.47 bits per heavy atom. The molecule has 1 atom stereocenters. The molecule has 6 heteroatoms. The molecule has 0 saturated heterocycles. The van der Waals surface area contributed by atoms with Crippen LogP contribution in [0.5, 0.6) is 5.75 Å². The quantitative estimate of drug-likeness (QED) is 0.717. The van der Waals surface area contributed by atoms with Crippen molar-refractivity contribution in [1.29, 1.82) is 0 Å². The number of carboxylic acids is 1. The fraction of sp³-hybridized carbons (Fsp3) is 0.385. The lowest BCUT2D eigenvalue weighted by molar-refractivity contribution is -0.138. The maximum Gasteiger partial charge on any atom is 0.325 e. The second-order valence-corrected chi connectivity index (χ2v) is 4.06. The van der Waals surface area contributed by atoms with Gasteiger partial charge in [-0.1, -0.05) is 12.1 Å². The van der Waals surface area contributed by atoms with Crippen molar-refractivity contribution < 1.29 is 19.4 Å². The summed E-state index contributed by atoms with van der Waals surface area (Å²) in [6, 6.07) is 6.14. The van der Waals surface area contributed by atoms with E-state index in [9.17, 15) is 9.59 Å². The van der Waals surface area contributed by atoms with Crippen LogP contribution in [0.25, 0.3) is 0 Å². The molecule has 1 aromatic rings. The van der Waals surface area contributed by atoms with Gasteiger partial charge in [0, 0.05) is 6.54 Å². The molecule has 1 rings (SSSR count). The minimum Gasteiger partial charge on any atom is -0.497 e. The summed E-state index contributed by atoms with van der Waals surface area (Å²) < 4.78 is 5.04. The highest BCUT2D eigenvalue weighted by Crippen LogP contribution is 2.11. The maximum absolute atomic E-state index is 11.3. The minimum atomic E-state index is -1.06. The lowest BCUT2D eigenvalue weighted by atomic mass is 10.1. The van der Waals surface area contributed by atoms with Crippen molar-refractivity contribution in [3.8, 4) is 5.75 Å². The molecular formula is C13H18N2O4. The van der Waals surface area contributed by atoms with Gasteiger partial charge in [0.1, 0.15) is 11.8 Å². The normalized spacial score (nSPS) is 11.5. The molecule has 0 aliphatic rings. The van der Waals surface area contributed by atoms with Crippen LogP contribution < -0.4 is 15.4 Å². The van der Waals surface area contributed by atoms with Crippen LogP contribution in [0.15, 0.2) is 24.3 Å². The number of benzene rings is 1. The molecule has 0 aromatic heterocycles. The predicted octanol–water partition coefficient (Wildman–Crippen LogP) is 1.01. The van der Waals surface area contributed by atoms with Crippen molar-refractivity contribution in [3.05, 3.63) is 29.8 Å². The van der Waals surface area contributed by atoms with Crippen LogP contribution in [0.1, 0.15) is 12.5 Å². The van der Waals surface area contributed by atoms with Gasteiger partial charge in [-0.15, -0.1) is 0 Å². The lowest BCUT2D eigenvalue weighted by Crippen LogP contribution is -2.44. The van der Waals surface area contributed by atoms with Crippen LogP contribution in [0.2, 0.25) is 0 Å². The van der Waals surface area contributed by atoms with Gasteiger partial charge < -0.3 is 20.5 Å². The average Bonchev–Trinajstić information content (AvgIpc) is 2.39. The van der Waals surface area contributed by atoms with E-state index in [4.69, 9.17) is 9.84 Å². The summed E-state index contributed by atoms with van der Waals surface area (Å²) >= 11 is 0. The summed E-state index contributed by atoms with van der Waals surface area (Å²) in [5.74, 6) is -0.282. The molecule has 104 valence electrons. The molecule has 0 aliphatic carbocycles. The Hall–Kier alpha value is -2.24. The zero-order chi connectivity index (χ0) is 14.3. The topological polar surface area (TPSA) is 87.7 Å². The van der Waals surface area contributed by atoms with Gasteiger partial charge >= 0.3 is 12.0 Å². The van der Waals surface area contributed by atoms with E-state index >= 15 is 0 Å². The van der Waals surface area contributed by atoms with E-state index in [2.05, 4.69) is 10.6 Å². The van der Waals surface area contributed by atoms with Crippen molar-refractivity contribution in [1.82, 2.24) is 10.6 Å². The molecule has 0 radical (unpaired) electrons. The average molecular weight is 266 g/mol. The predicted molar refractivity (Wildman–Crippen MR) is 70.3 cm³/mol. The molecule has 6 nitrogen and oxygen atoms in total. The second-order valence-electron chi connectivity index (χ2n) is 4.06. The Bertz CT molecular complexity index is 431. The van der Waals surface area contributed by atoms with Crippen LogP contribution in [0.3, 0.4) is 0 Å². The first-order valence-corrected chi connectivity index (χ1v) is 5.93. The number of carbonyl (C=O) groups is 2. The summed E-state index contributed by atoms with van der Waals surface area (Å²) in [6.45, 7) is 1.84. The van der Waals surface area contributed by atoms with E-state index in [1.807, 2.05) is 24.3 Å². The highest BCUT2D eigenvalue weighted by molar-refractivity contribution is 5.82. The minimum absolute atomic E-state index is 0.435. The van der Waals surface area contributed by atoms with Crippen molar-refractivity contribution in [2.75, 3.05) is 13.7 Å². The van der Waals surface area contributed by atoms with Crippen molar-refractivity contribution in [2.45, 2.75) is 19.4 Å². The third kappa shape index (κ3) is 5.29. The highest BCUT2D eigenvalue weighted by atomic mass is 16.5. The number of aliphatic carboxylic acids is 1. The molecule has 0 aliphatic heterocycles. The van der Waals surface area contributed by atoms with E-state index in [0.717, 1.165) is 11.3 Å². The van der Waals surface area contributed by atoms with Gasteiger partial charge in [0.15, 0.2) is 0 Å². The van der Waals surface area contributed by atoms with E-state index < -0.39 is 18.0 Å². The van der Waals surface area contributed by atoms with E-state index in [1.54, 1.807) is 7.11 Å². The summed E-state index contributed by atoms with van der Waals surface area (Å²) in [7, 11) is 1.60. The summed E-state index contributed by atoms with van der Waals surface area (Å²) in [5.41, 5.74) is 1.06. The first-order valence-electron chi connectivity index (χ1n) is 5.93. The molecule has 0 fully saturated rings. The summed E-state index contributed by atoms with van der Waals surface area (Å²) in [4.78, 5) is 21.9. The summed E-state index contributed by atoms with van der Waals surface area (Å²) in [5, 5.41) is 13.5. The molecule has 19 heavy (non-hydrogen) atoms. The largest absolute Gasteiger partial charge is 0.497 e. The number of hydrogen-bond acceptors (Lipinski definition) is 3. The Labute approximate surface area is 111 Å². The van der Waals surface area contributed by atoms with E-state index in [-0.39, 0.29) is 0 Å². The smallest absolute Gasteiger partial charge is 0.325 e. The van der Waals surface area contributed by atoms with Crippen molar-refractivity contribution in [3.63, 3.8) is 0 Å². The number of ether oxygens (including phenoxy) is 1. The molecule has 0 saturated carbocycles. The Morgan fingerprint density at radius 1 is 1.32 bits per heavy atom. The Kier molecular flexibility index (Phi) is 5.66. The van der Waals surface area contributed by atoms with Gasteiger partial charge in [-0.3, -0.25) is 4.79 Å². The second kappa shape index (κ2) is 7.25. The summed E-state index contributed by atoms with van der Waals surface area (Å²) in [6.07, 6.45) is 0.666. The zero-order valence-electron chi connectivity index (χ0n) is 11.0. The van der Waals surface area contributed by atoms with E-state index in [1.165, 1.54) is 6.92 Å². The Morgan fingerprint density at radius 2 is 1.95 bits per heavy atom. The monoisotopic (exact) mass is 266 g/mol. The first kappa shape index (κ1) is 14.8. The van der Waals surface area contributed by atoms with Crippen LogP contribution >= 0.6 is 0 Å². The SMILES string of the molecule is COc1ccc(CCNC(=O)N[C@@H](C)C(=O)O)cc1. The van der Waals surface area contributed by atoms with Gasteiger partial charge in [0.25, 0.3) is 0 Å². The number of hydrogen-bond donors (Lipinski definition) is 3. The highest BCUT2D eigenvalue weighted by Gasteiger charge is 2.12. The number of carbonyl (C=O) groups excluding carboxylic acids is 1. The number of amides is 2. The van der Waals surface area contributed by atoms with Crippen LogP contribution in [0, 0.1) is 0 Å². The first-order chi connectivity index (χ1) is 9.02. The maximum atomic E-state index is 11.3. The van der Waals surface area contributed by atoms with Crippen LogP contribution in [0.4, 0.5) is 4.79 Å². The van der Waals surface area contributed by atoms with Gasteiger partial charge in [-0.25, -0.2) is 4.79 Å². The van der Waals surface area contributed by atoms with Crippen molar-refractivity contribution >= 4 is 12.0 Å². The number of carboxylic acid groups (broad SMARTS) is 1. The number of methoxy groups -OCH3 is 1. The molecule has 3 N–H and O–H groups in total. The zero-order valence-corrected chi connectivity index (χ0v) is 11.0.